The summed E-state index contributed by atoms with van der Waals surface area (Å²) in [6.07, 6.45) is -0.0890. The molecule has 0 saturated heterocycles. The zero-order valence-corrected chi connectivity index (χ0v) is 18.5. The van der Waals surface area contributed by atoms with E-state index in [1.54, 1.807) is 6.07 Å². The van der Waals surface area contributed by atoms with Crippen LogP contribution in [0.25, 0.3) is 11.1 Å². The van der Waals surface area contributed by atoms with Gasteiger partial charge in [-0.1, -0.05) is 48.5 Å². The molecule has 1 aliphatic rings. The van der Waals surface area contributed by atoms with Gasteiger partial charge in [0.1, 0.15) is 23.7 Å². The molecule has 0 spiro atoms. The van der Waals surface area contributed by atoms with Crippen LogP contribution in [-0.4, -0.2) is 44.5 Å². The lowest BCUT2D eigenvalue weighted by atomic mass is 9.98. The predicted molar refractivity (Wildman–Crippen MR) is 123 cm³/mol. The van der Waals surface area contributed by atoms with E-state index in [-0.39, 0.29) is 23.8 Å². The van der Waals surface area contributed by atoms with E-state index in [1.165, 1.54) is 31.4 Å². The average Bonchev–Trinajstić information content (AvgIpc) is 3.16. The number of alkyl carbamates (subject to hydrolysis) is 1. The van der Waals surface area contributed by atoms with Gasteiger partial charge in [0.15, 0.2) is 0 Å². The molecule has 0 heterocycles. The molecule has 1 aliphatic carbocycles. The minimum absolute atomic E-state index is 0.00364. The van der Waals surface area contributed by atoms with Crippen LogP contribution in [0, 0.1) is 0 Å². The van der Waals surface area contributed by atoms with Gasteiger partial charge in [0.25, 0.3) is 0 Å². The van der Waals surface area contributed by atoms with Crippen molar-refractivity contribution in [3.05, 3.63) is 82.9 Å². The predicted octanol–water partition coefficient (Wildman–Crippen LogP) is 4.48. The third-order valence-electron chi connectivity index (χ3n) is 5.84. The van der Waals surface area contributed by atoms with E-state index in [4.69, 9.17) is 14.2 Å². The maximum atomic E-state index is 12.4. The number of aromatic carboxylic acids is 1. The van der Waals surface area contributed by atoms with E-state index in [0.717, 1.165) is 16.7 Å². The van der Waals surface area contributed by atoms with E-state index in [9.17, 15) is 14.7 Å². The normalized spacial score (nSPS) is 11.9. The summed E-state index contributed by atoms with van der Waals surface area (Å²) < 4.78 is 16.0. The third-order valence-corrected chi connectivity index (χ3v) is 5.84. The van der Waals surface area contributed by atoms with Crippen molar-refractivity contribution in [1.82, 2.24) is 5.32 Å². The molecule has 0 fully saturated rings. The first kappa shape index (κ1) is 22.2. The van der Waals surface area contributed by atoms with Gasteiger partial charge in [-0.2, -0.15) is 0 Å². The third kappa shape index (κ3) is 4.48. The highest BCUT2D eigenvalue weighted by Crippen LogP contribution is 2.44. The topological polar surface area (TPSA) is 94.1 Å². The molecule has 1 amide bonds. The van der Waals surface area contributed by atoms with Gasteiger partial charge in [-0.25, -0.2) is 9.59 Å². The average molecular weight is 447 g/mol. The van der Waals surface area contributed by atoms with E-state index >= 15 is 0 Å². The summed E-state index contributed by atoms with van der Waals surface area (Å²) in [6.45, 7) is 0.535. The van der Waals surface area contributed by atoms with Gasteiger partial charge in [0, 0.05) is 12.5 Å². The second kappa shape index (κ2) is 9.65. The molecule has 170 valence electrons. The highest BCUT2D eigenvalue weighted by Gasteiger charge is 2.29. The largest absolute Gasteiger partial charge is 0.496 e. The molecule has 2 N–H and O–H groups in total. The molecule has 7 nitrogen and oxygen atoms in total. The van der Waals surface area contributed by atoms with E-state index in [0.29, 0.717) is 18.7 Å². The van der Waals surface area contributed by atoms with Crippen molar-refractivity contribution in [2.24, 2.45) is 0 Å². The van der Waals surface area contributed by atoms with Gasteiger partial charge < -0.3 is 24.6 Å². The fraction of sp³-hybridized carbons (Fsp3) is 0.231. The molecule has 4 rings (SSSR count). The second-order valence-electron chi connectivity index (χ2n) is 7.67. The highest BCUT2D eigenvalue weighted by atomic mass is 16.5. The number of carboxylic acid groups (broad SMARTS) is 1. The Morgan fingerprint density at radius 1 is 0.909 bits per heavy atom. The van der Waals surface area contributed by atoms with Crippen LogP contribution in [0.1, 0.15) is 33.0 Å². The number of rotatable bonds is 8. The lowest BCUT2D eigenvalue weighted by Gasteiger charge is -2.15. The summed E-state index contributed by atoms with van der Waals surface area (Å²) >= 11 is 0. The molecule has 0 aromatic heterocycles. The molecule has 3 aromatic carbocycles. The Bertz CT molecular complexity index is 1140. The molecule has 0 radical (unpaired) electrons. The summed E-state index contributed by atoms with van der Waals surface area (Å²) in [6, 6.07) is 19.4. The highest BCUT2D eigenvalue weighted by molar-refractivity contribution is 5.91. The van der Waals surface area contributed by atoms with E-state index < -0.39 is 12.1 Å². The van der Waals surface area contributed by atoms with Gasteiger partial charge >= 0.3 is 12.1 Å². The molecule has 0 atom stereocenters. The van der Waals surface area contributed by atoms with Gasteiger partial charge in [0.2, 0.25) is 0 Å². The van der Waals surface area contributed by atoms with Crippen LogP contribution in [0.2, 0.25) is 0 Å². The van der Waals surface area contributed by atoms with Crippen LogP contribution in [0.15, 0.2) is 60.7 Å². The summed E-state index contributed by atoms with van der Waals surface area (Å²) in [5.41, 5.74) is 5.39. The Morgan fingerprint density at radius 3 is 2.09 bits per heavy atom. The van der Waals surface area contributed by atoms with Crippen LogP contribution in [0.5, 0.6) is 11.5 Å². The van der Waals surface area contributed by atoms with Gasteiger partial charge in [0.05, 0.1) is 14.2 Å². The fourth-order valence-corrected chi connectivity index (χ4v) is 4.27. The number of carboxylic acids is 1. The standard InChI is InChI=1S/C26H25NO6/c1-31-23-14-21(25(28)29)24(32-2)13-16(23)11-12-27-26(30)33-15-22-19-9-5-3-7-17(19)18-8-4-6-10-20(18)22/h3-10,13-14,22H,11-12,15H2,1-2H3,(H,27,30)(H,28,29). The molecule has 0 unspecified atom stereocenters. The number of carbonyl (C=O) groups excluding carboxylic acids is 1. The number of carbonyl (C=O) groups is 2. The summed E-state index contributed by atoms with van der Waals surface area (Å²) in [5, 5.41) is 12.1. The van der Waals surface area contributed by atoms with Crippen molar-refractivity contribution < 1.29 is 28.9 Å². The lowest BCUT2D eigenvalue weighted by Crippen LogP contribution is -2.28. The minimum Gasteiger partial charge on any atom is -0.496 e. The summed E-state index contributed by atoms with van der Waals surface area (Å²) in [7, 11) is 2.88. The van der Waals surface area contributed by atoms with Gasteiger partial charge in [-0.15, -0.1) is 0 Å². The molecule has 3 aromatic rings. The number of amides is 1. The Hall–Kier alpha value is -4.00. The SMILES string of the molecule is COc1cc(C(=O)O)c(OC)cc1CCNC(=O)OCC1c2ccccc2-c2ccccc21. The van der Waals surface area contributed by atoms with E-state index in [1.807, 2.05) is 24.3 Å². The number of hydrogen-bond acceptors (Lipinski definition) is 5. The molecule has 0 aliphatic heterocycles. The first-order valence-electron chi connectivity index (χ1n) is 10.6. The first-order chi connectivity index (χ1) is 16.0. The Balaban J connectivity index is 1.37. The quantitative estimate of drug-likeness (QED) is 0.529. The van der Waals surface area contributed by atoms with Crippen LogP contribution >= 0.6 is 0 Å². The van der Waals surface area contributed by atoms with Crippen LogP contribution in [0.3, 0.4) is 0 Å². The number of ether oxygens (including phenoxy) is 3. The smallest absolute Gasteiger partial charge is 0.407 e. The molecule has 0 saturated carbocycles. The van der Waals surface area contributed by atoms with Gasteiger partial charge in [-0.05, 0) is 46.4 Å². The van der Waals surface area contributed by atoms with Crippen LogP contribution in [-0.2, 0) is 11.2 Å². The van der Waals surface area contributed by atoms with Crippen molar-refractivity contribution in [2.75, 3.05) is 27.4 Å². The maximum absolute atomic E-state index is 12.4. The zero-order chi connectivity index (χ0) is 23.4. The number of methoxy groups -OCH3 is 2. The molecule has 7 heteroatoms. The summed E-state index contributed by atoms with van der Waals surface area (Å²) in [5.74, 6) is -0.452. The number of hydrogen-bond donors (Lipinski definition) is 2. The fourth-order valence-electron chi connectivity index (χ4n) is 4.27. The molecular weight excluding hydrogens is 422 g/mol. The number of fused-ring (bicyclic) bond motifs is 3. The Morgan fingerprint density at radius 2 is 1.52 bits per heavy atom. The monoisotopic (exact) mass is 447 g/mol. The van der Waals surface area contributed by atoms with Crippen molar-refractivity contribution in [2.45, 2.75) is 12.3 Å². The Kier molecular flexibility index (Phi) is 6.49. The van der Waals surface area contributed by atoms with Crippen molar-refractivity contribution >= 4 is 12.1 Å². The molecular formula is C26H25NO6. The molecule has 0 bridgehead atoms. The zero-order valence-electron chi connectivity index (χ0n) is 18.5. The minimum atomic E-state index is -1.10. The van der Waals surface area contributed by atoms with Crippen molar-refractivity contribution in [3.8, 4) is 22.6 Å². The Labute approximate surface area is 191 Å². The molecule has 33 heavy (non-hydrogen) atoms. The van der Waals surface area contributed by atoms with E-state index in [2.05, 4.69) is 29.6 Å². The number of nitrogens with one attached hydrogen (secondary N) is 1. The maximum Gasteiger partial charge on any atom is 0.407 e. The second-order valence-corrected chi connectivity index (χ2v) is 7.67. The number of benzene rings is 3. The van der Waals surface area contributed by atoms with Crippen LogP contribution in [0.4, 0.5) is 4.79 Å². The first-order valence-corrected chi connectivity index (χ1v) is 10.6. The van der Waals surface area contributed by atoms with Crippen molar-refractivity contribution in [1.29, 1.82) is 0 Å². The summed E-state index contributed by atoms with van der Waals surface area (Å²) in [4.78, 5) is 23.8. The van der Waals surface area contributed by atoms with Crippen molar-refractivity contribution in [3.63, 3.8) is 0 Å². The van der Waals surface area contributed by atoms with Crippen LogP contribution < -0.4 is 14.8 Å². The lowest BCUT2D eigenvalue weighted by molar-refractivity contribution is 0.0692. The van der Waals surface area contributed by atoms with Gasteiger partial charge in [-0.3, -0.25) is 0 Å².